The third-order valence-corrected chi connectivity index (χ3v) is 4.85. The third-order valence-electron chi connectivity index (χ3n) is 3.33. The molecule has 0 saturated carbocycles. The first-order valence-corrected chi connectivity index (χ1v) is 8.78. The molecule has 148 valence electrons. The second kappa shape index (κ2) is 8.47. The number of benzene rings is 1. The molecule has 0 amide bonds. The van der Waals surface area contributed by atoms with Crippen LogP contribution in [0.1, 0.15) is 19.4 Å². The number of aryl methyl sites for hydroxylation is 1. The summed E-state index contributed by atoms with van der Waals surface area (Å²) in [6.45, 7) is 3.99. The van der Waals surface area contributed by atoms with Crippen LogP contribution in [0, 0.1) is 12.7 Å². The lowest BCUT2D eigenvalue weighted by Gasteiger charge is -2.24. The van der Waals surface area contributed by atoms with Crippen LogP contribution in [0.5, 0.6) is 0 Å². The smallest absolute Gasteiger partial charge is 0.449 e. The summed E-state index contributed by atoms with van der Waals surface area (Å²) in [5.41, 5.74) is -0.888. The standard InChI is InChI=1S/C15H17F7N2OS/c1-4-24(5-2)13(15(20,21)22)23-11-7-12(9(3)6-10(11)16)26(25)8-14(17,18)19/h6-7H,4-5,8H2,1-3H3/b23-13+. The van der Waals surface area contributed by atoms with Gasteiger partial charge in [-0.2, -0.15) is 26.3 Å². The number of alkyl halides is 6. The van der Waals surface area contributed by atoms with Crippen molar-refractivity contribution in [2.45, 2.75) is 38.0 Å². The highest BCUT2D eigenvalue weighted by atomic mass is 32.2. The molecule has 1 rings (SSSR count). The number of nitrogens with zero attached hydrogens (tertiary/aromatic N) is 2. The van der Waals surface area contributed by atoms with Gasteiger partial charge in [0.2, 0.25) is 11.6 Å². The van der Waals surface area contributed by atoms with Crippen molar-refractivity contribution in [2.24, 2.45) is 4.99 Å². The molecule has 1 aromatic carbocycles. The van der Waals surface area contributed by atoms with Crippen LogP contribution < -0.4 is 0 Å². The molecule has 1 unspecified atom stereocenters. The van der Waals surface area contributed by atoms with E-state index in [0.29, 0.717) is 6.07 Å². The van der Waals surface area contributed by atoms with Crippen molar-refractivity contribution >= 4 is 22.7 Å². The lowest BCUT2D eigenvalue weighted by molar-refractivity contribution is -0.106. The molecule has 0 aromatic heterocycles. The highest BCUT2D eigenvalue weighted by Gasteiger charge is 2.40. The van der Waals surface area contributed by atoms with Crippen LogP contribution >= 0.6 is 0 Å². The highest BCUT2D eigenvalue weighted by molar-refractivity contribution is 7.91. The van der Waals surface area contributed by atoms with E-state index in [0.717, 1.165) is 11.0 Å². The van der Waals surface area contributed by atoms with Crippen LogP contribution in [0.15, 0.2) is 22.0 Å². The number of amidine groups is 1. The van der Waals surface area contributed by atoms with Crippen molar-refractivity contribution in [3.8, 4) is 0 Å². The van der Waals surface area contributed by atoms with Gasteiger partial charge in [0.25, 0.3) is 0 Å². The van der Waals surface area contributed by atoms with E-state index in [1.54, 1.807) is 0 Å². The summed E-state index contributed by atoms with van der Waals surface area (Å²) in [7, 11) is 0. The van der Waals surface area contributed by atoms with Crippen molar-refractivity contribution in [2.75, 3.05) is 18.8 Å². The zero-order valence-corrected chi connectivity index (χ0v) is 14.9. The van der Waals surface area contributed by atoms with Crippen LogP contribution in [0.2, 0.25) is 0 Å². The van der Waals surface area contributed by atoms with Gasteiger partial charge in [-0.15, -0.1) is 0 Å². The Morgan fingerprint density at radius 2 is 1.65 bits per heavy atom. The second-order valence-corrected chi connectivity index (χ2v) is 6.70. The van der Waals surface area contributed by atoms with Crippen LogP contribution in [-0.4, -0.2) is 46.5 Å². The molecule has 0 saturated heterocycles. The van der Waals surface area contributed by atoms with Gasteiger partial charge in [-0.1, -0.05) is 0 Å². The van der Waals surface area contributed by atoms with Crippen molar-refractivity contribution in [3.05, 3.63) is 23.5 Å². The fraction of sp³-hybridized carbons (Fsp3) is 0.533. The maximum Gasteiger partial charge on any atom is 0.449 e. The Labute approximate surface area is 149 Å². The molecule has 0 fully saturated rings. The zero-order chi connectivity index (χ0) is 20.3. The predicted molar refractivity (Wildman–Crippen MR) is 84.5 cm³/mol. The van der Waals surface area contributed by atoms with Crippen molar-refractivity contribution in [3.63, 3.8) is 0 Å². The summed E-state index contributed by atoms with van der Waals surface area (Å²) in [5, 5.41) is 0. The Morgan fingerprint density at radius 1 is 1.12 bits per heavy atom. The van der Waals surface area contributed by atoms with Gasteiger partial charge in [0.05, 0.1) is 0 Å². The summed E-state index contributed by atoms with van der Waals surface area (Å²) >= 11 is -2.59. The van der Waals surface area contributed by atoms with E-state index in [2.05, 4.69) is 4.99 Å². The average Bonchev–Trinajstić information content (AvgIpc) is 2.46. The average molecular weight is 406 g/mol. The number of hydrogen-bond donors (Lipinski definition) is 0. The Bertz CT molecular complexity index is 655. The van der Waals surface area contributed by atoms with Gasteiger partial charge in [-0.25, -0.2) is 9.38 Å². The van der Waals surface area contributed by atoms with Crippen LogP contribution in [0.25, 0.3) is 0 Å². The van der Waals surface area contributed by atoms with Gasteiger partial charge in [0.15, 0.2) is 4.90 Å². The maximum absolute atomic E-state index is 14.0. The van der Waals surface area contributed by atoms with Crippen LogP contribution in [0.4, 0.5) is 36.4 Å². The highest BCUT2D eigenvalue weighted by Crippen LogP contribution is 2.31. The van der Waals surface area contributed by atoms with E-state index in [1.165, 1.54) is 20.8 Å². The van der Waals surface area contributed by atoms with Crippen LogP contribution in [-0.2, 0) is 11.2 Å². The fourth-order valence-electron chi connectivity index (χ4n) is 2.15. The lowest BCUT2D eigenvalue weighted by Crippen LogP contribution is -2.41. The molecule has 1 atom stereocenters. The molecule has 0 radical (unpaired) electrons. The summed E-state index contributed by atoms with van der Waals surface area (Å²) in [6, 6.07) is 1.39. The van der Waals surface area contributed by atoms with E-state index >= 15 is 0 Å². The van der Waals surface area contributed by atoms with Crippen LogP contribution in [0.3, 0.4) is 0 Å². The first-order valence-electron chi connectivity index (χ1n) is 7.46. The Kier molecular flexibility index (Phi) is 7.34. The largest absolute Gasteiger partial charge is 0.611 e. The quantitative estimate of drug-likeness (QED) is 0.307. The summed E-state index contributed by atoms with van der Waals surface area (Å²) in [6.07, 6.45) is -9.64. The van der Waals surface area contributed by atoms with E-state index < -0.39 is 51.5 Å². The van der Waals surface area contributed by atoms with Crippen molar-refractivity contribution in [1.29, 1.82) is 0 Å². The van der Waals surface area contributed by atoms with Gasteiger partial charge in [-0.3, -0.25) is 0 Å². The minimum Gasteiger partial charge on any atom is -0.611 e. The SMILES string of the molecule is CCN(CC)/C(=N/c1cc([S+]([O-])CC(F)(F)F)c(C)cc1F)C(F)(F)F. The molecule has 0 spiro atoms. The maximum atomic E-state index is 14.0. The number of aliphatic imine (C=N–C) groups is 1. The molecule has 1 aromatic rings. The number of halogens is 7. The minimum atomic E-state index is -4.89. The minimum absolute atomic E-state index is 0.0603. The Morgan fingerprint density at radius 3 is 2.08 bits per heavy atom. The molecule has 0 aliphatic heterocycles. The number of hydrogen-bond acceptors (Lipinski definition) is 2. The molecular formula is C15H17F7N2OS. The van der Waals surface area contributed by atoms with Gasteiger partial charge in [-0.05, 0) is 38.0 Å². The monoisotopic (exact) mass is 406 g/mol. The Hall–Kier alpha value is -1.49. The molecule has 0 heterocycles. The Balaban J connectivity index is 3.45. The van der Waals surface area contributed by atoms with Gasteiger partial charge >= 0.3 is 12.4 Å². The molecule has 3 nitrogen and oxygen atoms in total. The molecule has 26 heavy (non-hydrogen) atoms. The molecule has 0 aliphatic rings. The topological polar surface area (TPSA) is 38.7 Å². The second-order valence-electron chi connectivity index (χ2n) is 5.28. The zero-order valence-electron chi connectivity index (χ0n) is 14.1. The summed E-state index contributed by atoms with van der Waals surface area (Å²) in [5.74, 6) is -4.22. The lowest BCUT2D eigenvalue weighted by atomic mass is 10.2. The number of rotatable bonds is 5. The summed E-state index contributed by atoms with van der Waals surface area (Å²) in [4.78, 5) is 3.70. The fourth-order valence-corrected chi connectivity index (χ4v) is 3.26. The van der Waals surface area contributed by atoms with Gasteiger partial charge in [0, 0.05) is 24.7 Å². The first kappa shape index (κ1) is 22.6. The molecule has 0 bridgehead atoms. The third kappa shape index (κ3) is 6.04. The summed E-state index contributed by atoms with van der Waals surface area (Å²) < 4.78 is 103. The van der Waals surface area contributed by atoms with Gasteiger partial charge in [0.1, 0.15) is 11.5 Å². The van der Waals surface area contributed by atoms with Gasteiger partial charge < -0.3 is 9.45 Å². The normalized spacial score (nSPS) is 14.5. The first-order chi connectivity index (χ1) is 11.8. The molecule has 0 N–H and O–H groups in total. The predicted octanol–water partition coefficient (Wildman–Crippen LogP) is 4.74. The van der Waals surface area contributed by atoms with E-state index in [4.69, 9.17) is 0 Å². The van der Waals surface area contributed by atoms with Crippen molar-refractivity contribution < 1.29 is 35.3 Å². The molecule has 0 aliphatic carbocycles. The molecular weight excluding hydrogens is 389 g/mol. The van der Waals surface area contributed by atoms with E-state index in [1.807, 2.05) is 0 Å². The van der Waals surface area contributed by atoms with Crippen molar-refractivity contribution in [1.82, 2.24) is 4.90 Å². The molecule has 11 heteroatoms. The van der Waals surface area contributed by atoms with E-state index in [9.17, 15) is 35.3 Å². The van der Waals surface area contributed by atoms with E-state index in [-0.39, 0.29) is 18.7 Å².